The van der Waals surface area contributed by atoms with Crippen molar-refractivity contribution in [3.63, 3.8) is 0 Å². The molecule has 3 aromatic carbocycles. The number of anilines is 2. The first-order valence-electron chi connectivity index (χ1n) is 13.8. The Kier molecular flexibility index (Phi) is 7.75. The fourth-order valence-electron chi connectivity index (χ4n) is 5.23. The van der Waals surface area contributed by atoms with Crippen LogP contribution in [0.15, 0.2) is 102 Å². The second-order valence-electron chi connectivity index (χ2n) is 10.4. The van der Waals surface area contributed by atoms with Gasteiger partial charge < -0.3 is 10.6 Å². The number of fused-ring (bicyclic) bond motifs is 1. The molecule has 0 unspecified atom stereocenters. The van der Waals surface area contributed by atoms with Crippen LogP contribution in [0.4, 0.5) is 15.9 Å². The summed E-state index contributed by atoms with van der Waals surface area (Å²) in [5, 5.41) is 0.870. The first-order chi connectivity index (χ1) is 20.8. The molecule has 0 bridgehead atoms. The summed E-state index contributed by atoms with van der Waals surface area (Å²) in [6.07, 6.45) is 3.04. The van der Waals surface area contributed by atoms with E-state index in [1.165, 1.54) is 36.5 Å². The molecule has 1 aliphatic rings. The van der Waals surface area contributed by atoms with Crippen molar-refractivity contribution in [2.24, 2.45) is 0 Å². The number of carbonyl (C=O) groups is 1. The number of benzene rings is 3. The van der Waals surface area contributed by atoms with Gasteiger partial charge in [-0.05, 0) is 54.1 Å². The molecule has 0 spiro atoms. The summed E-state index contributed by atoms with van der Waals surface area (Å²) in [6, 6.07) is 23.4. The van der Waals surface area contributed by atoms with E-state index in [0.717, 1.165) is 10.9 Å². The number of hydrogen-bond acceptors (Lipinski definition) is 7. The first kappa shape index (κ1) is 28.3. The van der Waals surface area contributed by atoms with Gasteiger partial charge in [-0.1, -0.05) is 36.4 Å². The summed E-state index contributed by atoms with van der Waals surface area (Å²) in [5.41, 5.74) is 9.57. The third-order valence-corrected chi connectivity index (χ3v) is 8.86. The van der Waals surface area contributed by atoms with Crippen molar-refractivity contribution >= 4 is 38.3 Å². The number of rotatable bonds is 7. The van der Waals surface area contributed by atoms with Crippen LogP contribution in [-0.2, 0) is 16.6 Å². The van der Waals surface area contributed by atoms with Crippen LogP contribution in [0.1, 0.15) is 15.9 Å². The molecule has 3 N–H and O–H groups in total. The molecule has 6 rings (SSSR count). The van der Waals surface area contributed by atoms with Crippen LogP contribution < -0.4 is 10.5 Å². The molecule has 11 heteroatoms. The third kappa shape index (κ3) is 6.18. The summed E-state index contributed by atoms with van der Waals surface area (Å²) in [6.45, 7) is 3.13. The molecule has 5 aromatic rings. The number of halogens is 1. The van der Waals surface area contributed by atoms with E-state index in [1.807, 2.05) is 30.3 Å². The van der Waals surface area contributed by atoms with E-state index in [2.05, 4.69) is 19.6 Å². The molecule has 43 heavy (non-hydrogen) atoms. The van der Waals surface area contributed by atoms with E-state index in [1.54, 1.807) is 35.4 Å². The van der Waals surface area contributed by atoms with Crippen molar-refractivity contribution in [1.82, 2.24) is 19.8 Å². The highest BCUT2D eigenvalue weighted by atomic mass is 32.2. The molecule has 9 nitrogen and oxygen atoms in total. The molecular weight excluding hydrogens is 567 g/mol. The van der Waals surface area contributed by atoms with Gasteiger partial charge in [-0.25, -0.2) is 17.8 Å². The minimum Gasteiger partial charge on any atom is -0.399 e. The van der Waals surface area contributed by atoms with Crippen molar-refractivity contribution in [3.05, 3.63) is 114 Å². The molecule has 1 amide bonds. The number of amides is 1. The molecule has 218 valence electrons. The maximum Gasteiger partial charge on any atom is 0.263 e. The number of nitrogens with one attached hydrogen (secondary N) is 1. The second-order valence-corrected chi connectivity index (χ2v) is 12.0. The fraction of sp³-hybridized carbons (Fsp3) is 0.156. The summed E-state index contributed by atoms with van der Waals surface area (Å²) in [5.74, 6) is -0.354. The zero-order valence-electron chi connectivity index (χ0n) is 23.2. The standard InChI is InChI=1S/C32H29FN6O3S/c33-25-9-6-22(7-10-25)21-38-15-17-39(18-16-38)32(40)24-8-13-30(36-20-24)37-43(41,42)29-12-11-26(34)19-28(29)27-5-1-3-23-4-2-14-35-31(23)27/h1-14,19-20H,15-18,21,34H2,(H,36,37). The predicted molar refractivity (Wildman–Crippen MR) is 164 cm³/mol. The number of nitrogens with zero attached hydrogens (tertiary/aromatic N) is 4. The Morgan fingerprint density at radius 2 is 1.65 bits per heavy atom. The normalized spacial score (nSPS) is 14.1. The van der Waals surface area contributed by atoms with Gasteiger partial charge in [-0.15, -0.1) is 0 Å². The molecule has 3 heterocycles. The first-order valence-corrected chi connectivity index (χ1v) is 15.2. The average Bonchev–Trinajstić information content (AvgIpc) is 3.02. The van der Waals surface area contributed by atoms with E-state index in [0.29, 0.717) is 60.6 Å². The molecule has 1 aliphatic heterocycles. The number of hydrogen-bond donors (Lipinski definition) is 2. The molecule has 1 saturated heterocycles. The van der Waals surface area contributed by atoms with Gasteiger partial charge in [0.2, 0.25) is 0 Å². The monoisotopic (exact) mass is 596 g/mol. The van der Waals surface area contributed by atoms with Gasteiger partial charge in [0.05, 0.1) is 16.0 Å². The van der Waals surface area contributed by atoms with Crippen LogP contribution in [0.25, 0.3) is 22.0 Å². The minimum absolute atomic E-state index is 0.0281. The lowest BCUT2D eigenvalue weighted by molar-refractivity contribution is 0.0628. The van der Waals surface area contributed by atoms with Crippen LogP contribution in [0, 0.1) is 5.82 Å². The Morgan fingerprint density at radius 3 is 2.40 bits per heavy atom. The largest absolute Gasteiger partial charge is 0.399 e. The number of nitrogens with two attached hydrogens (primary N) is 1. The molecule has 0 saturated carbocycles. The van der Waals surface area contributed by atoms with Crippen molar-refractivity contribution in [2.75, 3.05) is 36.6 Å². The quantitative estimate of drug-likeness (QED) is 0.260. The number of carbonyl (C=O) groups excluding carboxylic acids is 1. The van der Waals surface area contributed by atoms with Gasteiger partial charge in [-0.3, -0.25) is 19.4 Å². The molecule has 0 atom stereocenters. The van der Waals surface area contributed by atoms with Crippen molar-refractivity contribution in [1.29, 1.82) is 0 Å². The highest BCUT2D eigenvalue weighted by molar-refractivity contribution is 7.92. The van der Waals surface area contributed by atoms with Gasteiger partial charge in [0.25, 0.3) is 15.9 Å². The maximum atomic E-state index is 13.6. The van der Waals surface area contributed by atoms with Crippen LogP contribution >= 0.6 is 0 Å². The lowest BCUT2D eigenvalue weighted by atomic mass is 10.0. The fourth-order valence-corrected chi connectivity index (χ4v) is 6.44. The summed E-state index contributed by atoms with van der Waals surface area (Å²) in [4.78, 5) is 25.8. The van der Waals surface area contributed by atoms with Crippen LogP contribution in [-0.4, -0.2) is 60.3 Å². The van der Waals surface area contributed by atoms with Gasteiger partial charge in [0, 0.05) is 67.3 Å². The zero-order valence-corrected chi connectivity index (χ0v) is 24.0. The van der Waals surface area contributed by atoms with Crippen LogP contribution in [0.2, 0.25) is 0 Å². The maximum absolute atomic E-state index is 13.6. The Bertz CT molecular complexity index is 1890. The number of pyridine rings is 2. The Balaban J connectivity index is 1.15. The summed E-state index contributed by atoms with van der Waals surface area (Å²) < 4.78 is 42.9. The van der Waals surface area contributed by atoms with E-state index in [9.17, 15) is 17.6 Å². The highest BCUT2D eigenvalue weighted by Crippen LogP contribution is 2.34. The van der Waals surface area contributed by atoms with Gasteiger partial charge >= 0.3 is 0 Å². The minimum atomic E-state index is -4.08. The Labute approximate surface area is 248 Å². The van der Waals surface area contributed by atoms with Crippen molar-refractivity contribution < 1.29 is 17.6 Å². The Morgan fingerprint density at radius 1 is 0.884 bits per heavy atom. The zero-order chi connectivity index (χ0) is 30.0. The van der Waals surface area contributed by atoms with Gasteiger partial charge in [0.1, 0.15) is 11.6 Å². The number of nitrogen functional groups attached to an aromatic ring is 1. The summed E-state index contributed by atoms with van der Waals surface area (Å²) >= 11 is 0. The molecule has 0 radical (unpaired) electrons. The van der Waals surface area contributed by atoms with Gasteiger partial charge in [-0.2, -0.15) is 0 Å². The average molecular weight is 597 g/mol. The molecular formula is C32H29FN6O3S. The lowest BCUT2D eigenvalue weighted by Crippen LogP contribution is -2.48. The Hall–Kier alpha value is -4.87. The van der Waals surface area contributed by atoms with E-state index in [-0.39, 0.29) is 22.4 Å². The molecule has 2 aromatic heterocycles. The summed E-state index contributed by atoms with van der Waals surface area (Å²) in [7, 11) is -4.08. The predicted octanol–water partition coefficient (Wildman–Crippen LogP) is 4.78. The number of para-hydroxylation sites is 1. The molecule has 0 aliphatic carbocycles. The van der Waals surface area contributed by atoms with Crippen LogP contribution in [0.3, 0.4) is 0 Å². The SMILES string of the molecule is Nc1ccc(S(=O)(=O)Nc2ccc(C(=O)N3CCN(Cc4ccc(F)cc4)CC3)cn2)c(-c2cccc3cccnc23)c1. The number of aromatic nitrogens is 2. The lowest BCUT2D eigenvalue weighted by Gasteiger charge is -2.34. The van der Waals surface area contributed by atoms with Crippen molar-refractivity contribution in [2.45, 2.75) is 11.4 Å². The van der Waals surface area contributed by atoms with Crippen LogP contribution in [0.5, 0.6) is 0 Å². The topological polar surface area (TPSA) is 122 Å². The number of piperazine rings is 1. The van der Waals surface area contributed by atoms with Gasteiger partial charge in [0.15, 0.2) is 0 Å². The van der Waals surface area contributed by atoms with E-state index >= 15 is 0 Å². The number of sulfonamides is 1. The highest BCUT2D eigenvalue weighted by Gasteiger charge is 2.24. The van der Waals surface area contributed by atoms with E-state index < -0.39 is 10.0 Å². The third-order valence-electron chi connectivity index (χ3n) is 7.44. The smallest absolute Gasteiger partial charge is 0.263 e. The van der Waals surface area contributed by atoms with Crippen molar-refractivity contribution in [3.8, 4) is 11.1 Å². The second kappa shape index (κ2) is 11.8. The molecule has 1 fully saturated rings. The van der Waals surface area contributed by atoms with E-state index in [4.69, 9.17) is 5.73 Å².